The Labute approximate surface area is 361 Å². The number of amides is 2. The van der Waals surface area contributed by atoms with E-state index >= 15 is 0 Å². The van der Waals surface area contributed by atoms with E-state index in [0.717, 1.165) is 56.7 Å². The third-order valence-corrected chi connectivity index (χ3v) is 13.0. The number of allylic oxidation sites excluding steroid dienone is 2. The molecule has 14 heteroatoms. The van der Waals surface area contributed by atoms with Gasteiger partial charge in [-0.2, -0.15) is 5.26 Å². The van der Waals surface area contributed by atoms with E-state index in [1.165, 1.54) is 4.57 Å². The lowest BCUT2D eigenvalue weighted by molar-refractivity contribution is -0.164. The minimum absolute atomic E-state index is 0.164. The van der Waals surface area contributed by atoms with E-state index < -0.39 is 6.04 Å². The predicted octanol–water partition coefficient (Wildman–Crippen LogP) is 8.28. The Kier molecular flexibility index (Phi) is 12.8. The zero-order valence-electron chi connectivity index (χ0n) is 34.9. The number of piperidine rings is 2. The molecule has 3 fully saturated rings. The summed E-state index contributed by atoms with van der Waals surface area (Å²) in [6.45, 7) is 12.2. The van der Waals surface area contributed by atoms with Crippen LogP contribution in [-0.4, -0.2) is 64.1 Å². The normalized spacial score (nSPS) is 21.8. The van der Waals surface area contributed by atoms with Crippen LogP contribution in [0.1, 0.15) is 100 Å². The summed E-state index contributed by atoms with van der Waals surface area (Å²) in [5, 5.41) is 16.3. The summed E-state index contributed by atoms with van der Waals surface area (Å²) in [5.41, 5.74) is 1.27. The van der Waals surface area contributed by atoms with Crippen molar-refractivity contribution in [2.45, 2.75) is 97.8 Å². The zero-order chi connectivity index (χ0) is 42.8. The Hall–Kier alpha value is -5.12. The Balaban J connectivity index is 0.910. The number of nitriles is 1. The van der Waals surface area contributed by atoms with Gasteiger partial charge < -0.3 is 25.0 Å². The monoisotopic (exact) mass is 853 g/mol. The minimum atomic E-state index is -0.651. The number of alkyl halides is 1. The predicted molar refractivity (Wildman–Crippen MR) is 234 cm³/mol. The van der Waals surface area contributed by atoms with Crippen molar-refractivity contribution in [1.82, 2.24) is 25.2 Å². The SMILES string of the molecule is Cc1nc2c(OCCCCCCl)cccc2c(=O)n1C1CC/C(=C/C2CCN(c3ccc(C(=O)NC4C(C)(C)C(Oc5ccc(C#N)c(Cl)c5)C4(C)C)cn3)CC2)NC1=O. The molecule has 60 heavy (non-hydrogen) atoms. The number of pyridine rings is 1. The molecule has 1 unspecified atom stereocenters. The van der Waals surface area contributed by atoms with Gasteiger partial charge in [-0.1, -0.05) is 51.4 Å². The van der Waals surface area contributed by atoms with Gasteiger partial charge in [0.05, 0.1) is 28.1 Å². The van der Waals surface area contributed by atoms with Crippen molar-refractivity contribution in [2.24, 2.45) is 16.7 Å². The fourth-order valence-electron chi connectivity index (χ4n) is 9.54. The van der Waals surface area contributed by atoms with Gasteiger partial charge >= 0.3 is 0 Å². The van der Waals surface area contributed by atoms with Crippen molar-refractivity contribution < 1.29 is 19.1 Å². The van der Waals surface area contributed by atoms with Gasteiger partial charge in [-0.05, 0) is 94.2 Å². The molecule has 2 amide bonds. The van der Waals surface area contributed by atoms with Crippen molar-refractivity contribution in [3.8, 4) is 17.6 Å². The summed E-state index contributed by atoms with van der Waals surface area (Å²) in [6, 6.07) is 15.4. The molecular weight excluding hydrogens is 801 g/mol. The second-order valence-electron chi connectivity index (χ2n) is 17.4. The molecular formula is C46H53Cl2N7O5. The highest BCUT2D eigenvalue weighted by molar-refractivity contribution is 6.31. The smallest absolute Gasteiger partial charge is 0.262 e. The van der Waals surface area contributed by atoms with E-state index in [2.05, 4.69) is 60.4 Å². The van der Waals surface area contributed by atoms with Gasteiger partial charge in [0.2, 0.25) is 5.91 Å². The van der Waals surface area contributed by atoms with Crippen LogP contribution in [0.3, 0.4) is 0 Å². The Morgan fingerprint density at radius 2 is 1.82 bits per heavy atom. The number of halogens is 2. The molecule has 0 spiro atoms. The summed E-state index contributed by atoms with van der Waals surface area (Å²) in [4.78, 5) is 52.4. The number of hydrogen-bond donors (Lipinski definition) is 2. The summed E-state index contributed by atoms with van der Waals surface area (Å²) in [5.74, 6) is 2.96. The highest BCUT2D eigenvalue weighted by atomic mass is 35.5. The molecule has 2 aliphatic heterocycles. The molecule has 1 atom stereocenters. The summed E-state index contributed by atoms with van der Waals surface area (Å²) >= 11 is 12.0. The lowest BCUT2D eigenvalue weighted by atomic mass is 9.49. The molecule has 3 aliphatic rings. The van der Waals surface area contributed by atoms with Gasteiger partial charge in [0.25, 0.3) is 11.5 Å². The summed E-state index contributed by atoms with van der Waals surface area (Å²) in [7, 11) is 0. The van der Waals surface area contributed by atoms with Crippen molar-refractivity contribution in [3.05, 3.63) is 98.8 Å². The molecule has 0 radical (unpaired) electrons. The number of para-hydroxylation sites is 1. The molecule has 4 aromatic rings. The second kappa shape index (κ2) is 17.8. The number of hydrogen-bond acceptors (Lipinski definition) is 9. The lowest BCUT2D eigenvalue weighted by Gasteiger charge is -2.63. The van der Waals surface area contributed by atoms with Crippen LogP contribution in [0.15, 0.2) is 71.3 Å². The van der Waals surface area contributed by atoms with Crippen LogP contribution in [-0.2, 0) is 4.79 Å². The molecule has 316 valence electrons. The van der Waals surface area contributed by atoms with Gasteiger partial charge in [0.1, 0.15) is 46.9 Å². The fourth-order valence-corrected chi connectivity index (χ4v) is 9.94. The summed E-state index contributed by atoms with van der Waals surface area (Å²) in [6.07, 6.45) is 9.29. The van der Waals surface area contributed by atoms with Crippen LogP contribution in [0.25, 0.3) is 10.9 Å². The third kappa shape index (κ3) is 8.70. The van der Waals surface area contributed by atoms with Crippen LogP contribution >= 0.6 is 23.2 Å². The average molecular weight is 855 g/mol. The molecule has 4 heterocycles. The molecule has 2 N–H and O–H groups in total. The van der Waals surface area contributed by atoms with Crippen LogP contribution in [0.2, 0.25) is 5.02 Å². The first-order valence-corrected chi connectivity index (χ1v) is 21.7. The van der Waals surface area contributed by atoms with Crippen molar-refractivity contribution in [1.29, 1.82) is 5.26 Å². The van der Waals surface area contributed by atoms with E-state index in [9.17, 15) is 19.6 Å². The number of nitrogens with zero attached hydrogens (tertiary/aromatic N) is 5. The first-order valence-electron chi connectivity index (χ1n) is 20.8. The van der Waals surface area contributed by atoms with E-state index in [0.29, 0.717) is 69.7 Å². The van der Waals surface area contributed by atoms with E-state index in [4.69, 9.17) is 37.7 Å². The van der Waals surface area contributed by atoms with Crippen LogP contribution < -0.4 is 30.6 Å². The van der Waals surface area contributed by atoms with Crippen molar-refractivity contribution in [2.75, 3.05) is 30.5 Å². The van der Waals surface area contributed by atoms with Gasteiger partial charge in [0.15, 0.2) is 0 Å². The first kappa shape index (κ1) is 43.0. The number of aromatic nitrogens is 3. The number of nitrogens with one attached hydrogen (secondary N) is 2. The molecule has 1 aliphatic carbocycles. The average Bonchev–Trinajstić information content (AvgIpc) is 3.23. The Morgan fingerprint density at radius 1 is 1.05 bits per heavy atom. The number of fused-ring (bicyclic) bond motifs is 1. The highest BCUT2D eigenvalue weighted by Crippen LogP contribution is 2.55. The lowest BCUT2D eigenvalue weighted by Crippen LogP contribution is -2.74. The van der Waals surface area contributed by atoms with Gasteiger partial charge in [0, 0.05) is 53.8 Å². The van der Waals surface area contributed by atoms with Crippen molar-refractivity contribution in [3.63, 3.8) is 0 Å². The molecule has 2 aromatic carbocycles. The minimum Gasteiger partial charge on any atom is -0.491 e. The Morgan fingerprint density at radius 3 is 2.48 bits per heavy atom. The van der Waals surface area contributed by atoms with E-state index in [1.54, 1.807) is 43.5 Å². The highest BCUT2D eigenvalue weighted by Gasteiger charge is 2.64. The van der Waals surface area contributed by atoms with Gasteiger partial charge in [-0.15, -0.1) is 11.6 Å². The maximum atomic E-state index is 13.8. The molecule has 7 rings (SSSR count). The number of rotatable bonds is 13. The number of carbonyl (C=O) groups is 2. The van der Waals surface area contributed by atoms with E-state index in [-0.39, 0.29) is 46.3 Å². The fraction of sp³-hybridized carbons (Fsp3) is 0.478. The van der Waals surface area contributed by atoms with Gasteiger partial charge in [-0.25, -0.2) is 9.97 Å². The Bertz CT molecular complexity index is 2370. The quantitative estimate of drug-likeness (QED) is 0.100. The van der Waals surface area contributed by atoms with E-state index in [1.807, 2.05) is 18.2 Å². The maximum absolute atomic E-state index is 13.8. The number of aryl methyl sites for hydroxylation is 1. The number of unbranched alkanes of at least 4 members (excludes halogenated alkanes) is 2. The third-order valence-electron chi connectivity index (χ3n) is 12.4. The topological polar surface area (TPSA) is 151 Å². The van der Waals surface area contributed by atoms with Gasteiger partial charge in [-0.3, -0.25) is 19.0 Å². The number of carbonyl (C=O) groups excluding carboxylic acids is 2. The first-order chi connectivity index (χ1) is 28.7. The standard InChI is InChI=1S/C46H53Cl2N7O5/c1-28-51-39-34(10-9-11-37(39)59-23-8-6-7-20-47)42(58)55(28)36-16-14-32(52-41(36)57)24-29-18-21-54(22-19-29)38-17-13-31(27-50-38)40(56)53-43-45(2,3)44(46(43,4)5)60-33-15-12-30(26-49)35(48)25-33/h9-13,15,17,24-25,27,29,36,43-44H,6-8,14,16,18-23H2,1-5H3,(H,52,57)(H,53,56)/b32-24-. The van der Waals surface area contributed by atoms with Crippen LogP contribution in [0, 0.1) is 35.0 Å². The largest absolute Gasteiger partial charge is 0.491 e. The zero-order valence-corrected chi connectivity index (χ0v) is 36.4. The number of anilines is 1. The maximum Gasteiger partial charge on any atom is 0.262 e. The van der Waals surface area contributed by atoms with Crippen LogP contribution in [0.5, 0.6) is 11.5 Å². The van der Waals surface area contributed by atoms with Crippen molar-refractivity contribution >= 4 is 51.7 Å². The second-order valence-corrected chi connectivity index (χ2v) is 18.1. The summed E-state index contributed by atoms with van der Waals surface area (Å²) < 4.78 is 13.9. The van der Waals surface area contributed by atoms with Crippen LogP contribution in [0.4, 0.5) is 5.82 Å². The molecule has 12 nitrogen and oxygen atoms in total. The molecule has 1 saturated carbocycles. The molecule has 2 saturated heterocycles. The molecule has 2 aromatic heterocycles. The molecule has 0 bridgehead atoms. The number of ether oxygens (including phenoxy) is 2. The number of benzene rings is 2.